The standard InChI is InChI=1S/C20H23FN2O6S/c1-20(25)10-3-11-23(18(20)19(24)22-26)30(27,28)17-8-6-16(7-9-17)29-13-14-4-2-5-15(21)12-14/h2,4-9,12,18,25-26H,3,10-11,13H2,1H3,(H,22,24)/t18?,20-/m1/s1. The van der Waals surface area contributed by atoms with E-state index in [1.54, 1.807) is 12.1 Å². The Hall–Kier alpha value is -2.53. The van der Waals surface area contributed by atoms with E-state index in [2.05, 4.69) is 0 Å². The Balaban J connectivity index is 1.79. The number of ether oxygens (including phenoxy) is 1. The highest BCUT2D eigenvalue weighted by atomic mass is 32.2. The molecular formula is C20H23FN2O6S. The fraction of sp³-hybridized carbons (Fsp3) is 0.350. The molecule has 1 fully saturated rings. The van der Waals surface area contributed by atoms with E-state index in [1.165, 1.54) is 48.8 Å². The first-order valence-electron chi connectivity index (χ1n) is 9.30. The van der Waals surface area contributed by atoms with Crippen molar-refractivity contribution in [2.45, 2.75) is 42.9 Å². The van der Waals surface area contributed by atoms with Gasteiger partial charge in [0.15, 0.2) is 0 Å². The van der Waals surface area contributed by atoms with Gasteiger partial charge in [-0.25, -0.2) is 18.3 Å². The number of rotatable bonds is 6. The van der Waals surface area contributed by atoms with Crippen LogP contribution in [0.15, 0.2) is 53.4 Å². The van der Waals surface area contributed by atoms with Gasteiger partial charge in [0.1, 0.15) is 24.2 Å². The number of aliphatic hydroxyl groups is 1. The Morgan fingerprint density at radius 1 is 1.30 bits per heavy atom. The zero-order chi connectivity index (χ0) is 21.9. The van der Waals surface area contributed by atoms with Gasteiger partial charge < -0.3 is 9.84 Å². The second kappa shape index (κ2) is 8.68. The number of hydroxylamine groups is 1. The molecule has 0 radical (unpaired) electrons. The van der Waals surface area contributed by atoms with Gasteiger partial charge in [-0.2, -0.15) is 4.31 Å². The van der Waals surface area contributed by atoms with E-state index in [0.29, 0.717) is 17.7 Å². The van der Waals surface area contributed by atoms with Gasteiger partial charge in [0.2, 0.25) is 10.0 Å². The third-order valence-corrected chi connectivity index (χ3v) is 6.90. The third-order valence-electron chi connectivity index (χ3n) is 5.02. The van der Waals surface area contributed by atoms with Crippen LogP contribution in [-0.2, 0) is 21.4 Å². The number of sulfonamides is 1. The predicted molar refractivity (Wildman–Crippen MR) is 105 cm³/mol. The number of halogens is 1. The fourth-order valence-electron chi connectivity index (χ4n) is 3.54. The number of nitrogens with zero attached hydrogens (tertiary/aromatic N) is 1. The molecule has 3 rings (SSSR count). The van der Waals surface area contributed by atoms with Crippen molar-refractivity contribution >= 4 is 15.9 Å². The first kappa shape index (κ1) is 22.2. The lowest BCUT2D eigenvalue weighted by molar-refractivity contribution is -0.144. The number of piperidine rings is 1. The Labute approximate surface area is 173 Å². The van der Waals surface area contributed by atoms with Crippen molar-refractivity contribution in [2.75, 3.05) is 6.54 Å². The highest BCUT2D eigenvalue weighted by Gasteiger charge is 2.49. The minimum absolute atomic E-state index is 0.0222. The Morgan fingerprint density at radius 2 is 2.00 bits per heavy atom. The first-order valence-corrected chi connectivity index (χ1v) is 10.7. The maximum absolute atomic E-state index is 13.2. The maximum Gasteiger partial charge on any atom is 0.264 e. The van der Waals surface area contributed by atoms with E-state index in [0.717, 1.165) is 4.31 Å². The molecule has 1 aliphatic heterocycles. The van der Waals surface area contributed by atoms with Gasteiger partial charge in [-0.15, -0.1) is 0 Å². The lowest BCUT2D eigenvalue weighted by atomic mass is 9.87. The van der Waals surface area contributed by atoms with Crippen molar-refractivity contribution in [3.63, 3.8) is 0 Å². The summed E-state index contributed by atoms with van der Waals surface area (Å²) < 4.78 is 45.9. The number of hydrogen-bond donors (Lipinski definition) is 3. The van der Waals surface area contributed by atoms with Crippen LogP contribution in [0.5, 0.6) is 5.75 Å². The Morgan fingerprint density at radius 3 is 2.63 bits per heavy atom. The summed E-state index contributed by atoms with van der Waals surface area (Å²) in [5, 5.41) is 19.5. The third kappa shape index (κ3) is 4.62. The maximum atomic E-state index is 13.2. The van der Waals surface area contributed by atoms with Gasteiger partial charge in [-0.05, 0) is 61.7 Å². The van der Waals surface area contributed by atoms with E-state index in [-0.39, 0.29) is 30.3 Å². The topological polar surface area (TPSA) is 116 Å². The first-order chi connectivity index (χ1) is 14.1. The minimum atomic E-state index is -4.13. The van der Waals surface area contributed by atoms with Crippen molar-refractivity contribution in [3.05, 3.63) is 59.9 Å². The van der Waals surface area contributed by atoms with Crippen LogP contribution in [0.3, 0.4) is 0 Å². The average molecular weight is 438 g/mol. The molecule has 1 aliphatic rings. The van der Waals surface area contributed by atoms with E-state index in [9.17, 15) is 22.7 Å². The molecule has 0 aliphatic carbocycles. The molecule has 3 N–H and O–H groups in total. The van der Waals surface area contributed by atoms with E-state index >= 15 is 0 Å². The van der Waals surface area contributed by atoms with Crippen LogP contribution in [-0.4, -0.2) is 47.1 Å². The van der Waals surface area contributed by atoms with E-state index < -0.39 is 27.6 Å². The average Bonchev–Trinajstić information content (AvgIpc) is 2.71. The van der Waals surface area contributed by atoms with Crippen LogP contribution in [0.2, 0.25) is 0 Å². The number of carbonyl (C=O) groups is 1. The van der Waals surface area contributed by atoms with Gasteiger partial charge in [-0.1, -0.05) is 12.1 Å². The predicted octanol–water partition coefficient (Wildman–Crippen LogP) is 1.81. The van der Waals surface area contributed by atoms with Gasteiger partial charge >= 0.3 is 0 Å². The molecule has 162 valence electrons. The molecule has 2 aromatic rings. The number of nitrogens with one attached hydrogen (secondary N) is 1. The van der Waals surface area contributed by atoms with Crippen molar-refractivity contribution in [2.24, 2.45) is 0 Å². The SMILES string of the molecule is C[C@@]1(O)CCCN(S(=O)(=O)c2ccc(OCc3cccc(F)c3)cc2)C1C(=O)NO. The fourth-order valence-corrected chi connectivity index (χ4v) is 5.26. The molecule has 2 aromatic carbocycles. The lowest BCUT2D eigenvalue weighted by Gasteiger charge is -2.42. The summed E-state index contributed by atoms with van der Waals surface area (Å²) in [7, 11) is -4.13. The molecule has 2 atom stereocenters. The Kier molecular flexibility index (Phi) is 6.41. The second-order valence-corrected chi connectivity index (χ2v) is 9.24. The van der Waals surface area contributed by atoms with Crippen LogP contribution in [0, 0.1) is 5.82 Å². The van der Waals surface area contributed by atoms with Crippen molar-refractivity contribution in [1.29, 1.82) is 0 Å². The summed E-state index contributed by atoms with van der Waals surface area (Å²) >= 11 is 0. The molecular weight excluding hydrogens is 415 g/mol. The number of benzene rings is 2. The van der Waals surface area contributed by atoms with Gasteiger partial charge in [-0.3, -0.25) is 10.0 Å². The Bertz CT molecular complexity index is 1010. The number of hydrogen-bond acceptors (Lipinski definition) is 6. The molecule has 1 unspecified atom stereocenters. The molecule has 8 nitrogen and oxygen atoms in total. The van der Waals surface area contributed by atoms with Gasteiger partial charge in [0.05, 0.1) is 10.5 Å². The monoisotopic (exact) mass is 438 g/mol. The van der Waals surface area contributed by atoms with Crippen molar-refractivity contribution < 1.29 is 32.7 Å². The highest BCUT2D eigenvalue weighted by Crippen LogP contribution is 2.32. The largest absolute Gasteiger partial charge is 0.489 e. The molecule has 0 aromatic heterocycles. The quantitative estimate of drug-likeness (QED) is 0.468. The van der Waals surface area contributed by atoms with Crippen LogP contribution in [0.4, 0.5) is 4.39 Å². The summed E-state index contributed by atoms with van der Waals surface area (Å²) in [5.41, 5.74) is 0.430. The summed E-state index contributed by atoms with van der Waals surface area (Å²) in [6.07, 6.45) is 0.570. The summed E-state index contributed by atoms with van der Waals surface area (Å²) in [4.78, 5) is 12.0. The number of carbonyl (C=O) groups excluding carboxylic acids is 1. The smallest absolute Gasteiger partial charge is 0.264 e. The molecule has 10 heteroatoms. The van der Waals surface area contributed by atoms with Crippen LogP contribution >= 0.6 is 0 Å². The zero-order valence-corrected chi connectivity index (χ0v) is 17.1. The van der Waals surface area contributed by atoms with E-state index in [1.807, 2.05) is 0 Å². The normalized spacial score (nSPS) is 22.5. The second-order valence-electron chi connectivity index (χ2n) is 7.35. The summed E-state index contributed by atoms with van der Waals surface area (Å²) in [5.74, 6) is -0.997. The molecule has 1 amide bonds. The lowest BCUT2D eigenvalue weighted by Crippen LogP contribution is -2.62. The molecule has 30 heavy (non-hydrogen) atoms. The van der Waals surface area contributed by atoms with Crippen molar-refractivity contribution in [1.82, 2.24) is 9.79 Å². The molecule has 0 saturated carbocycles. The van der Waals surface area contributed by atoms with Crippen molar-refractivity contribution in [3.8, 4) is 5.75 Å². The molecule has 1 heterocycles. The zero-order valence-electron chi connectivity index (χ0n) is 16.3. The van der Waals surface area contributed by atoms with Crippen LogP contribution < -0.4 is 10.2 Å². The molecule has 0 bridgehead atoms. The molecule has 0 spiro atoms. The van der Waals surface area contributed by atoms with Crippen LogP contribution in [0.1, 0.15) is 25.3 Å². The van der Waals surface area contributed by atoms with Crippen LogP contribution in [0.25, 0.3) is 0 Å². The van der Waals surface area contributed by atoms with Gasteiger partial charge in [0, 0.05) is 6.54 Å². The number of amides is 1. The molecule has 1 saturated heterocycles. The van der Waals surface area contributed by atoms with Gasteiger partial charge in [0.25, 0.3) is 5.91 Å². The van der Waals surface area contributed by atoms with E-state index in [4.69, 9.17) is 9.94 Å². The summed E-state index contributed by atoms with van der Waals surface area (Å²) in [6, 6.07) is 10.0. The minimum Gasteiger partial charge on any atom is -0.489 e. The highest BCUT2D eigenvalue weighted by molar-refractivity contribution is 7.89. The summed E-state index contributed by atoms with van der Waals surface area (Å²) in [6.45, 7) is 1.49.